The smallest absolute Gasteiger partial charge is 0.229 e. The number of nitrogens with zero attached hydrogens (tertiary/aromatic N) is 3. The molecule has 29 heavy (non-hydrogen) atoms. The lowest BCUT2D eigenvalue weighted by Gasteiger charge is -2.12. The lowest BCUT2D eigenvalue weighted by Crippen LogP contribution is -2.06. The van der Waals surface area contributed by atoms with Gasteiger partial charge in [0.2, 0.25) is 5.95 Å². The van der Waals surface area contributed by atoms with Crippen molar-refractivity contribution in [1.82, 2.24) is 15.0 Å². The highest BCUT2D eigenvalue weighted by Gasteiger charge is 2.08. The third kappa shape index (κ3) is 4.96. The van der Waals surface area contributed by atoms with Crippen molar-refractivity contribution in [2.75, 3.05) is 10.6 Å². The number of anilines is 3. The van der Waals surface area contributed by atoms with Crippen molar-refractivity contribution in [3.63, 3.8) is 0 Å². The molecule has 0 aliphatic heterocycles. The summed E-state index contributed by atoms with van der Waals surface area (Å²) in [6.45, 7) is 2.74. The lowest BCUT2D eigenvalue weighted by molar-refractivity contribution is 1.02. The van der Waals surface area contributed by atoms with Crippen LogP contribution in [0.2, 0.25) is 0 Å². The highest BCUT2D eigenvalue weighted by molar-refractivity contribution is 5.66. The van der Waals surface area contributed by atoms with Gasteiger partial charge in [-0.15, -0.1) is 0 Å². The quantitative estimate of drug-likeness (QED) is 0.445. The zero-order valence-electron chi connectivity index (χ0n) is 16.3. The SMILES string of the molecule is CCc1ccc(Nc2nc(NCc3ccccn3)cc(-c3ccccc3)n2)cc1. The standard InChI is InChI=1S/C24H23N5/c1-2-18-11-13-20(14-12-18)27-24-28-22(19-8-4-3-5-9-19)16-23(29-24)26-17-21-10-6-7-15-25-21/h3-16H,2,17H2,1H3,(H2,26,27,28,29). The fourth-order valence-corrected chi connectivity index (χ4v) is 2.99. The van der Waals surface area contributed by atoms with Crippen LogP contribution in [0.1, 0.15) is 18.2 Å². The summed E-state index contributed by atoms with van der Waals surface area (Å²) in [5.74, 6) is 1.30. The molecule has 0 atom stereocenters. The van der Waals surface area contributed by atoms with Gasteiger partial charge in [-0.05, 0) is 36.2 Å². The highest BCUT2D eigenvalue weighted by atomic mass is 15.1. The molecule has 0 fully saturated rings. The van der Waals surface area contributed by atoms with Crippen LogP contribution in [0.3, 0.4) is 0 Å². The first-order valence-corrected chi connectivity index (χ1v) is 9.74. The second-order valence-electron chi connectivity index (χ2n) is 6.68. The largest absolute Gasteiger partial charge is 0.364 e. The van der Waals surface area contributed by atoms with Crippen molar-refractivity contribution in [1.29, 1.82) is 0 Å². The van der Waals surface area contributed by atoms with Gasteiger partial charge in [-0.25, -0.2) is 4.98 Å². The molecule has 0 unspecified atom stereocenters. The maximum Gasteiger partial charge on any atom is 0.229 e. The molecule has 2 N–H and O–H groups in total. The Kier molecular flexibility index (Phi) is 5.76. The highest BCUT2D eigenvalue weighted by Crippen LogP contribution is 2.23. The monoisotopic (exact) mass is 381 g/mol. The van der Waals surface area contributed by atoms with E-state index in [0.717, 1.165) is 34.9 Å². The van der Waals surface area contributed by atoms with Crippen molar-refractivity contribution in [2.24, 2.45) is 0 Å². The summed E-state index contributed by atoms with van der Waals surface area (Å²) in [4.78, 5) is 13.7. The van der Waals surface area contributed by atoms with E-state index < -0.39 is 0 Å². The van der Waals surface area contributed by atoms with Gasteiger partial charge in [0.1, 0.15) is 5.82 Å². The molecule has 0 aliphatic carbocycles. The van der Waals surface area contributed by atoms with Gasteiger partial charge in [-0.3, -0.25) is 4.98 Å². The molecular formula is C24H23N5. The molecular weight excluding hydrogens is 358 g/mol. The minimum Gasteiger partial charge on any atom is -0.364 e. The first-order valence-electron chi connectivity index (χ1n) is 9.74. The number of rotatable bonds is 7. The Balaban J connectivity index is 1.62. The van der Waals surface area contributed by atoms with E-state index in [1.165, 1.54) is 5.56 Å². The van der Waals surface area contributed by atoms with E-state index >= 15 is 0 Å². The number of pyridine rings is 1. The second kappa shape index (κ2) is 8.97. The number of benzene rings is 2. The van der Waals surface area contributed by atoms with Crippen LogP contribution < -0.4 is 10.6 Å². The average molecular weight is 381 g/mol. The summed E-state index contributed by atoms with van der Waals surface area (Å²) >= 11 is 0. The third-order valence-electron chi connectivity index (χ3n) is 4.59. The van der Waals surface area contributed by atoms with Crippen LogP contribution in [0, 0.1) is 0 Å². The van der Waals surface area contributed by atoms with Crippen molar-refractivity contribution < 1.29 is 0 Å². The molecule has 144 valence electrons. The second-order valence-corrected chi connectivity index (χ2v) is 6.68. The molecule has 5 heteroatoms. The van der Waals surface area contributed by atoms with Gasteiger partial charge in [-0.2, -0.15) is 4.98 Å². The topological polar surface area (TPSA) is 62.7 Å². The van der Waals surface area contributed by atoms with Gasteiger partial charge in [-0.1, -0.05) is 55.5 Å². The maximum absolute atomic E-state index is 4.72. The van der Waals surface area contributed by atoms with Gasteiger partial charge in [0.05, 0.1) is 17.9 Å². The Bertz CT molecular complexity index is 1050. The third-order valence-corrected chi connectivity index (χ3v) is 4.59. The van der Waals surface area contributed by atoms with E-state index in [0.29, 0.717) is 12.5 Å². The predicted octanol–water partition coefficient (Wildman–Crippen LogP) is 5.46. The predicted molar refractivity (Wildman–Crippen MR) is 118 cm³/mol. The van der Waals surface area contributed by atoms with Gasteiger partial charge in [0.25, 0.3) is 0 Å². The number of aromatic nitrogens is 3. The Morgan fingerprint density at radius 2 is 1.62 bits per heavy atom. The average Bonchev–Trinajstić information content (AvgIpc) is 2.79. The van der Waals surface area contributed by atoms with E-state index in [1.807, 2.05) is 54.6 Å². The fraction of sp³-hybridized carbons (Fsp3) is 0.125. The van der Waals surface area contributed by atoms with Crippen LogP contribution in [0.25, 0.3) is 11.3 Å². The van der Waals surface area contributed by atoms with Crippen molar-refractivity contribution in [2.45, 2.75) is 19.9 Å². The van der Waals surface area contributed by atoms with Crippen LogP contribution in [-0.4, -0.2) is 15.0 Å². The summed E-state index contributed by atoms with van der Waals surface area (Å²) in [6, 6.07) is 26.3. The first kappa shape index (κ1) is 18.6. The molecule has 0 amide bonds. The van der Waals surface area contributed by atoms with E-state index in [-0.39, 0.29) is 0 Å². The Hall–Kier alpha value is -3.73. The lowest BCUT2D eigenvalue weighted by atomic mass is 10.1. The number of nitrogens with one attached hydrogen (secondary N) is 2. The van der Waals surface area contributed by atoms with Crippen LogP contribution in [0.15, 0.2) is 85.1 Å². The first-order chi connectivity index (χ1) is 14.3. The molecule has 4 aromatic rings. The Labute approximate surface area is 170 Å². The van der Waals surface area contributed by atoms with E-state index in [9.17, 15) is 0 Å². The fourth-order valence-electron chi connectivity index (χ4n) is 2.99. The summed E-state index contributed by atoms with van der Waals surface area (Å²) in [7, 11) is 0. The van der Waals surface area contributed by atoms with Gasteiger partial charge < -0.3 is 10.6 Å². The normalized spacial score (nSPS) is 10.5. The molecule has 2 aromatic heterocycles. The molecule has 0 aliphatic rings. The van der Waals surface area contributed by atoms with Crippen molar-refractivity contribution in [3.8, 4) is 11.3 Å². The van der Waals surface area contributed by atoms with Crippen molar-refractivity contribution >= 4 is 17.5 Å². The molecule has 2 aromatic carbocycles. The summed E-state index contributed by atoms with van der Waals surface area (Å²) in [5, 5.41) is 6.69. The molecule has 4 rings (SSSR count). The number of aryl methyl sites for hydroxylation is 1. The zero-order chi connectivity index (χ0) is 19.9. The van der Waals surface area contributed by atoms with Crippen LogP contribution >= 0.6 is 0 Å². The molecule has 2 heterocycles. The molecule has 0 radical (unpaired) electrons. The van der Waals surface area contributed by atoms with Crippen LogP contribution in [-0.2, 0) is 13.0 Å². The van der Waals surface area contributed by atoms with E-state index in [2.05, 4.69) is 51.8 Å². The van der Waals surface area contributed by atoms with Gasteiger partial charge in [0.15, 0.2) is 0 Å². The van der Waals surface area contributed by atoms with E-state index in [1.54, 1.807) is 6.20 Å². The summed E-state index contributed by atoms with van der Waals surface area (Å²) in [6.07, 6.45) is 2.81. The summed E-state index contributed by atoms with van der Waals surface area (Å²) < 4.78 is 0. The van der Waals surface area contributed by atoms with Gasteiger partial charge >= 0.3 is 0 Å². The molecule has 5 nitrogen and oxygen atoms in total. The Morgan fingerprint density at radius 1 is 0.828 bits per heavy atom. The van der Waals surface area contributed by atoms with E-state index in [4.69, 9.17) is 4.98 Å². The maximum atomic E-state index is 4.72. The summed E-state index contributed by atoms with van der Waals surface area (Å²) in [5.41, 5.74) is 5.12. The zero-order valence-corrected chi connectivity index (χ0v) is 16.3. The van der Waals surface area contributed by atoms with Gasteiger partial charge in [0, 0.05) is 23.5 Å². The molecule has 0 saturated heterocycles. The number of hydrogen-bond donors (Lipinski definition) is 2. The minimum absolute atomic E-state index is 0.555. The van der Waals surface area contributed by atoms with Crippen molar-refractivity contribution in [3.05, 3.63) is 96.3 Å². The molecule has 0 spiro atoms. The number of hydrogen-bond acceptors (Lipinski definition) is 5. The molecule has 0 saturated carbocycles. The minimum atomic E-state index is 0.555. The van der Waals surface area contributed by atoms with Crippen LogP contribution in [0.4, 0.5) is 17.5 Å². The Morgan fingerprint density at radius 3 is 2.34 bits per heavy atom. The molecule has 0 bridgehead atoms. The van der Waals surface area contributed by atoms with Crippen LogP contribution in [0.5, 0.6) is 0 Å².